The summed E-state index contributed by atoms with van der Waals surface area (Å²) in [5, 5.41) is 0. The van der Waals surface area contributed by atoms with Crippen molar-refractivity contribution in [2.24, 2.45) is 0 Å². The van der Waals surface area contributed by atoms with Gasteiger partial charge in [-0.25, -0.2) is 0 Å². The molecule has 0 N–H and O–H groups in total. The molecule has 0 radical (unpaired) electrons. The van der Waals surface area contributed by atoms with Crippen molar-refractivity contribution in [2.45, 2.75) is 6.54 Å². The molecule has 1 heterocycles. The van der Waals surface area contributed by atoms with E-state index in [1.54, 1.807) is 0 Å². The van der Waals surface area contributed by atoms with Gasteiger partial charge in [-0.05, 0) is 35.5 Å². The Balaban J connectivity index is 2.02. The molecule has 0 unspecified atom stereocenters. The summed E-state index contributed by atoms with van der Waals surface area (Å²) in [6.45, 7) is 4.47. The average Bonchev–Trinajstić information content (AvgIpc) is 2.76. The van der Waals surface area contributed by atoms with E-state index in [2.05, 4.69) is 18.7 Å². The minimum atomic E-state index is 0.508. The Morgan fingerprint density at radius 2 is 1.84 bits per heavy atom. The first-order chi connectivity index (χ1) is 9.28. The van der Waals surface area contributed by atoms with Crippen LogP contribution in [-0.2, 0) is 6.54 Å². The lowest BCUT2D eigenvalue weighted by atomic mass is 10.1. The van der Waals surface area contributed by atoms with Crippen LogP contribution in [0.3, 0.4) is 0 Å². The number of fused-ring (bicyclic) bond motifs is 1. The van der Waals surface area contributed by atoms with Crippen LogP contribution in [-0.4, -0.2) is 4.57 Å². The lowest BCUT2D eigenvalue weighted by molar-refractivity contribution is 0.548. The predicted molar refractivity (Wildman–Crippen MR) is 80.7 cm³/mol. The van der Waals surface area contributed by atoms with Crippen molar-refractivity contribution >= 4 is 29.4 Å². The van der Waals surface area contributed by atoms with Gasteiger partial charge in [0.2, 0.25) is 0 Å². The summed E-state index contributed by atoms with van der Waals surface area (Å²) in [7, 11) is 0. The van der Waals surface area contributed by atoms with Crippen LogP contribution in [0, 0.1) is 4.84 Å². The second-order valence-corrected chi connectivity index (χ2v) is 4.72. The van der Waals surface area contributed by atoms with E-state index in [0.29, 0.717) is 11.4 Å². The number of para-hydroxylation sites is 2. The Morgan fingerprint density at radius 3 is 2.58 bits per heavy atom. The maximum atomic E-state index is 5.58. The molecule has 3 aromatic rings. The molecule has 0 spiro atoms. The summed E-state index contributed by atoms with van der Waals surface area (Å²) in [6, 6.07) is 16.2. The van der Waals surface area contributed by atoms with Crippen LogP contribution in [0.5, 0.6) is 0 Å². The van der Waals surface area contributed by atoms with Crippen molar-refractivity contribution in [1.29, 1.82) is 0 Å². The van der Waals surface area contributed by atoms with Crippen LogP contribution in [0.2, 0.25) is 0 Å². The summed E-state index contributed by atoms with van der Waals surface area (Å²) in [5.41, 5.74) is 4.16. The van der Waals surface area contributed by atoms with Crippen molar-refractivity contribution in [2.75, 3.05) is 0 Å². The molecule has 3 rings (SSSR count). The zero-order valence-corrected chi connectivity index (χ0v) is 11.2. The molecule has 2 aromatic carbocycles. The smallest absolute Gasteiger partial charge is 0.269 e. The molecule has 2 nitrogen and oxygen atoms in total. The molecule has 0 fully saturated rings. The first-order valence-electron chi connectivity index (χ1n) is 6.08. The lowest BCUT2D eigenvalue weighted by Crippen LogP contribution is -1.99. The molecule has 19 heavy (non-hydrogen) atoms. The monoisotopic (exact) mass is 267 g/mol. The molecule has 0 saturated carbocycles. The van der Waals surface area contributed by atoms with E-state index in [0.717, 1.165) is 16.7 Å². The molecule has 0 saturated heterocycles. The van der Waals surface area contributed by atoms with Crippen molar-refractivity contribution in [3.8, 4) is 0 Å². The third-order valence-electron chi connectivity index (χ3n) is 3.13. The minimum Gasteiger partial charge on any atom is -0.429 e. The number of rotatable bonds is 3. The Kier molecular flexibility index (Phi) is 3.05. The maximum absolute atomic E-state index is 5.58. The summed E-state index contributed by atoms with van der Waals surface area (Å²) in [4.78, 5) is 0.508. The van der Waals surface area contributed by atoms with Gasteiger partial charge in [0.15, 0.2) is 5.58 Å². The maximum Gasteiger partial charge on any atom is 0.269 e. The Labute approximate surface area is 116 Å². The van der Waals surface area contributed by atoms with Crippen LogP contribution in [0.15, 0.2) is 59.5 Å². The van der Waals surface area contributed by atoms with Gasteiger partial charge < -0.3 is 4.42 Å². The molecule has 0 amide bonds. The molecule has 0 bridgehead atoms. The van der Waals surface area contributed by atoms with Gasteiger partial charge in [0.1, 0.15) is 0 Å². The number of nitrogens with zero attached hydrogens (tertiary/aromatic N) is 1. The van der Waals surface area contributed by atoms with Gasteiger partial charge in [-0.3, -0.25) is 4.57 Å². The summed E-state index contributed by atoms with van der Waals surface area (Å²) < 4.78 is 7.59. The van der Waals surface area contributed by atoms with E-state index in [4.69, 9.17) is 16.6 Å². The minimum absolute atomic E-state index is 0.508. The number of benzene rings is 2. The predicted octanol–water partition coefficient (Wildman–Crippen LogP) is 4.66. The van der Waals surface area contributed by atoms with Crippen LogP contribution in [0.25, 0.3) is 17.2 Å². The van der Waals surface area contributed by atoms with Gasteiger partial charge in [0.05, 0.1) is 12.1 Å². The highest BCUT2D eigenvalue weighted by atomic mass is 32.1. The molecule has 0 atom stereocenters. The van der Waals surface area contributed by atoms with Gasteiger partial charge >= 0.3 is 0 Å². The Hall–Kier alpha value is -2.13. The summed E-state index contributed by atoms with van der Waals surface area (Å²) in [6.07, 6.45) is 1.84. The number of aromatic nitrogens is 1. The fraction of sp³-hybridized carbons (Fsp3) is 0.0625. The third-order valence-corrected chi connectivity index (χ3v) is 3.43. The van der Waals surface area contributed by atoms with Crippen molar-refractivity contribution in [1.82, 2.24) is 4.57 Å². The number of hydrogen-bond acceptors (Lipinski definition) is 2. The fourth-order valence-electron chi connectivity index (χ4n) is 2.11. The van der Waals surface area contributed by atoms with E-state index in [-0.39, 0.29) is 0 Å². The summed E-state index contributed by atoms with van der Waals surface area (Å²) in [5.74, 6) is 0. The molecule has 0 aliphatic rings. The van der Waals surface area contributed by atoms with Gasteiger partial charge in [-0.15, -0.1) is 0 Å². The Bertz CT molecular complexity index is 780. The first-order valence-corrected chi connectivity index (χ1v) is 6.48. The number of oxazole rings is 1. The molecule has 94 valence electrons. The van der Waals surface area contributed by atoms with Gasteiger partial charge in [0, 0.05) is 0 Å². The van der Waals surface area contributed by atoms with Crippen LogP contribution >= 0.6 is 12.2 Å². The SMILES string of the molecule is C=Cc1ccc(Cn2c(=S)oc3ccccc32)cc1. The van der Waals surface area contributed by atoms with Crippen LogP contribution < -0.4 is 0 Å². The van der Waals surface area contributed by atoms with Gasteiger partial charge in [0.25, 0.3) is 4.84 Å². The molecule has 0 aliphatic carbocycles. The topological polar surface area (TPSA) is 18.1 Å². The molecular formula is C16H13NOS. The van der Waals surface area contributed by atoms with Gasteiger partial charge in [-0.1, -0.05) is 49.1 Å². The van der Waals surface area contributed by atoms with Crippen LogP contribution in [0.4, 0.5) is 0 Å². The normalized spacial score (nSPS) is 10.7. The number of hydrogen-bond donors (Lipinski definition) is 0. The second kappa shape index (κ2) is 4.86. The highest BCUT2D eigenvalue weighted by Crippen LogP contribution is 2.18. The Morgan fingerprint density at radius 1 is 1.11 bits per heavy atom. The largest absolute Gasteiger partial charge is 0.429 e. The van der Waals surface area contributed by atoms with E-state index in [1.807, 2.05) is 47.0 Å². The quantitative estimate of drug-likeness (QED) is 0.643. The molecular weight excluding hydrogens is 254 g/mol. The summed E-state index contributed by atoms with van der Waals surface area (Å²) >= 11 is 5.28. The van der Waals surface area contributed by atoms with E-state index < -0.39 is 0 Å². The van der Waals surface area contributed by atoms with E-state index in [1.165, 1.54) is 5.56 Å². The lowest BCUT2D eigenvalue weighted by Gasteiger charge is -2.04. The van der Waals surface area contributed by atoms with E-state index >= 15 is 0 Å². The highest BCUT2D eigenvalue weighted by molar-refractivity contribution is 7.71. The van der Waals surface area contributed by atoms with Crippen molar-refractivity contribution in [3.63, 3.8) is 0 Å². The molecule has 3 heteroatoms. The highest BCUT2D eigenvalue weighted by Gasteiger charge is 2.06. The van der Waals surface area contributed by atoms with Crippen molar-refractivity contribution < 1.29 is 4.42 Å². The molecule has 1 aromatic heterocycles. The van der Waals surface area contributed by atoms with E-state index in [9.17, 15) is 0 Å². The van der Waals surface area contributed by atoms with Crippen molar-refractivity contribution in [3.05, 3.63) is 71.1 Å². The molecule has 0 aliphatic heterocycles. The standard InChI is InChI=1S/C16H13NOS/c1-2-12-7-9-13(10-8-12)11-17-14-5-3-4-6-15(14)18-16(17)19/h2-10H,1,11H2. The van der Waals surface area contributed by atoms with Crippen LogP contribution in [0.1, 0.15) is 11.1 Å². The first kappa shape index (κ1) is 11.9. The van der Waals surface area contributed by atoms with Gasteiger partial charge in [-0.2, -0.15) is 0 Å². The average molecular weight is 267 g/mol. The second-order valence-electron chi connectivity index (χ2n) is 4.37. The zero-order valence-electron chi connectivity index (χ0n) is 10.4. The zero-order chi connectivity index (χ0) is 13.2. The third kappa shape index (κ3) is 2.25. The fourth-order valence-corrected chi connectivity index (χ4v) is 2.36.